The number of fused-ring (bicyclic) bond motifs is 1. The van der Waals surface area contributed by atoms with E-state index in [1.165, 1.54) is 18.2 Å². The van der Waals surface area contributed by atoms with Crippen molar-refractivity contribution in [2.24, 2.45) is 0 Å². The number of likely N-dealkylation sites (tertiary alicyclic amines) is 1. The van der Waals surface area contributed by atoms with Crippen molar-refractivity contribution in [1.82, 2.24) is 10.1 Å². The van der Waals surface area contributed by atoms with Gasteiger partial charge in [-0.15, -0.1) is 0 Å². The molecule has 0 saturated carbocycles. The van der Waals surface area contributed by atoms with Crippen LogP contribution in [0.5, 0.6) is 0 Å². The monoisotopic (exact) mass is 256 g/mol. The smallest absolute Gasteiger partial charge is 0.261 e. The number of hydrogen-bond acceptors (Lipinski definition) is 3. The Kier molecular flexibility index (Phi) is 2.55. The molecule has 0 N–H and O–H groups in total. The van der Waals surface area contributed by atoms with Gasteiger partial charge in [0, 0.05) is 24.9 Å². The van der Waals surface area contributed by atoms with Crippen molar-refractivity contribution < 1.29 is 17.7 Å². The standard InChI is InChI=1S/C12H11F3N2O/c13-8-1-2-11-9(5-8)10(16-18-11)6-17-4-3-12(14,15)7-17/h1-2,5H,3-4,6-7H2. The van der Waals surface area contributed by atoms with Crippen LogP contribution in [0.3, 0.4) is 0 Å². The fourth-order valence-electron chi connectivity index (χ4n) is 2.23. The van der Waals surface area contributed by atoms with E-state index in [4.69, 9.17) is 4.52 Å². The number of aromatic nitrogens is 1. The lowest BCUT2D eigenvalue weighted by Crippen LogP contribution is -2.25. The van der Waals surface area contributed by atoms with E-state index in [2.05, 4.69) is 5.16 Å². The zero-order chi connectivity index (χ0) is 12.8. The summed E-state index contributed by atoms with van der Waals surface area (Å²) in [4.78, 5) is 1.60. The Morgan fingerprint density at radius 2 is 2.22 bits per heavy atom. The molecule has 1 aliphatic heterocycles. The third kappa shape index (κ3) is 2.08. The van der Waals surface area contributed by atoms with Gasteiger partial charge in [-0.05, 0) is 18.2 Å². The van der Waals surface area contributed by atoms with Gasteiger partial charge in [-0.3, -0.25) is 4.90 Å². The lowest BCUT2D eigenvalue weighted by Gasteiger charge is -2.13. The zero-order valence-electron chi connectivity index (χ0n) is 9.50. The predicted molar refractivity (Wildman–Crippen MR) is 58.8 cm³/mol. The van der Waals surface area contributed by atoms with E-state index in [-0.39, 0.29) is 19.5 Å². The Balaban J connectivity index is 1.85. The van der Waals surface area contributed by atoms with Gasteiger partial charge in [0.25, 0.3) is 5.92 Å². The van der Waals surface area contributed by atoms with Gasteiger partial charge in [-0.2, -0.15) is 0 Å². The number of benzene rings is 1. The van der Waals surface area contributed by atoms with Crippen LogP contribution < -0.4 is 0 Å². The third-order valence-corrected chi connectivity index (χ3v) is 3.13. The van der Waals surface area contributed by atoms with Crippen LogP contribution in [-0.2, 0) is 6.54 Å². The minimum Gasteiger partial charge on any atom is -0.356 e. The molecule has 1 fully saturated rings. The first-order chi connectivity index (χ1) is 8.53. The highest BCUT2D eigenvalue weighted by Gasteiger charge is 2.38. The second kappa shape index (κ2) is 3.98. The Morgan fingerprint density at radius 3 is 2.94 bits per heavy atom. The Morgan fingerprint density at radius 1 is 1.39 bits per heavy atom. The van der Waals surface area contributed by atoms with Gasteiger partial charge >= 0.3 is 0 Å². The van der Waals surface area contributed by atoms with E-state index in [1.807, 2.05) is 0 Å². The largest absolute Gasteiger partial charge is 0.356 e. The molecule has 0 atom stereocenters. The van der Waals surface area contributed by atoms with Crippen LogP contribution in [0, 0.1) is 5.82 Å². The maximum Gasteiger partial charge on any atom is 0.261 e. The average molecular weight is 256 g/mol. The summed E-state index contributed by atoms with van der Waals surface area (Å²) in [5.74, 6) is -3.02. The second-order valence-corrected chi connectivity index (χ2v) is 4.59. The normalized spacial score (nSPS) is 19.7. The fraction of sp³-hybridized carbons (Fsp3) is 0.417. The molecule has 0 unspecified atom stereocenters. The van der Waals surface area contributed by atoms with Gasteiger partial charge in [0.2, 0.25) is 0 Å². The quantitative estimate of drug-likeness (QED) is 0.827. The van der Waals surface area contributed by atoms with E-state index in [9.17, 15) is 13.2 Å². The summed E-state index contributed by atoms with van der Waals surface area (Å²) in [6, 6.07) is 4.08. The SMILES string of the molecule is Fc1ccc2onc(CN3CCC(F)(F)C3)c2c1. The molecule has 2 heterocycles. The van der Waals surface area contributed by atoms with Crippen LogP contribution in [0.4, 0.5) is 13.2 Å². The first-order valence-electron chi connectivity index (χ1n) is 5.67. The van der Waals surface area contributed by atoms with Gasteiger partial charge in [0.1, 0.15) is 11.5 Å². The molecule has 0 amide bonds. The summed E-state index contributed by atoms with van der Waals surface area (Å²) < 4.78 is 44.3. The highest BCUT2D eigenvalue weighted by molar-refractivity contribution is 5.79. The molecule has 0 bridgehead atoms. The van der Waals surface area contributed by atoms with E-state index in [0.717, 1.165) is 0 Å². The van der Waals surface area contributed by atoms with Crippen LogP contribution in [0.2, 0.25) is 0 Å². The van der Waals surface area contributed by atoms with Crippen LogP contribution in [0.1, 0.15) is 12.1 Å². The lowest BCUT2D eigenvalue weighted by atomic mass is 10.2. The zero-order valence-corrected chi connectivity index (χ0v) is 9.50. The molecule has 0 spiro atoms. The number of alkyl halides is 2. The summed E-state index contributed by atoms with van der Waals surface area (Å²) in [7, 11) is 0. The number of halogens is 3. The van der Waals surface area contributed by atoms with E-state index in [0.29, 0.717) is 23.2 Å². The molecule has 1 aliphatic rings. The average Bonchev–Trinajstić information content (AvgIpc) is 2.84. The minimum atomic E-state index is -2.63. The van der Waals surface area contributed by atoms with Gasteiger partial charge in [0.05, 0.1) is 6.54 Å². The maximum atomic E-state index is 13.1. The van der Waals surface area contributed by atoms with Gasteiger partial charge in [0.15, 0.2) is 5.58 Å². The molecule has 3 rings (SSSR count). The molecule has 1 aromatic carbocycles. The molecule has 0 radical (unpaired) electrons. The first-order valence-corrected chi connectivity index (χ1v) is 5.67. The topological polar surface area (TPSA) is 29.3 Å². The van der Waals surface area contributed by atoms with Gasteiger partial charge < -0.3 is 4.52 Å². The summed E-state index contributed by atoms with van der Waals surface area (Å²) >= 11 is 0. The highest BCUT2D eigenvalue weighted by Crippen LogP contribution is 2.29. The molecule has 6 heteroatoms. The Bertz CT molecular complexity index is 582. The maximum absolute atomic E-state index is 13.1. The molecular weight excluding hydrogens is 245 g/mol. The predicted octanol–water partition coefficient (Wildman–Crippen LogP) is 2.81. The van der Waals surface area contributed by atoms with E-state index < -0.39 is 11.7 Å². The number of nitrogens with zero attached hydrogens (tertiary/aromatic N) is 2. The van der Waals surface area contributed by atoms with Crippen molar-refractivity contribution >= 4 is 11.0 Å². The van der Waals surface area contributed by atoms with Crippen molar-refractivity contribution in [3.05, 3.63) is 29.7 Å². The summed E-state index contributed by atoms with van der Waals surface area (Å²) in [5, 5.41) is 4.37. The third-order valence-electron chi connectivity index (χ3n) is 3.13. The summed E-state index contributed by atoms with van der Waals surface area (Å²) in [6.45, 7) is 0.291. The molecular formula is C12H11F3N2O. The van der Waals surface area contributed by atoms with Crippen LogP contribution in [0.25, 0.3) is 11.0 Å². The number of hydrogen-bond donors (Lipinski definition) is 0. The van der Waals surface area contributed by atoms with Crippen LogP contribution >= 0.6 is 0 Å². The molecule has 96 valence electrons. The van der Waals surface area contributed by atoms with E-state index in [1.54, 1.807) is 4.90 Å². The van der Waals surface area contributed by atoms with Crippen LogP contribution in [-0.4, -0.2) is 29.1 Å². The molecule has 18 heavy (non-hydrogen) atoms. The molecule has 3 nitrogen and oxygen atoms in total. The molecule has 2 aromatic rings. The van der Waals surface area contributed by atoms with Crippen molar-refractivity contribution in [3.63, 3.8) is 0 Å². The fourth-order valence-corrected chi connectivity index (χ4v) is 2.23. The van der Waals surface area contributed by atoms with Gasteiger partial charge in [-0.1, -0.05) is 5.16 Å². The summed E-state index contributed by atoms with van der Waals surface area (Å²) in [6.07, 6.45) is -0.142. The Hall–Kier alpha value is -1.56. The Labute approximate surface area is 101 Å². The molecule has 1 saturated heterocycles. The van der Waals surface area contributed by atoms with Crippen molar-refractivity contribution in [2.45, 2.75) is 18.9 Å². The first kappa shape index (κ1) is 11.5. The van der Waals surface area contributed by atoms with Crippen molar-refractivity contribution in [2.75, 3.05) is 13.1 Å². The van der Waals surface area contributed by atoms with Crippen molar-refractivity contribution in [1.29, 1.82) is 0 Å². The molecule has 1 aromatic heterocycles. The van der Waals surface area contributed by atoms with Crippen molar-refractivity contribution in [3.8, 4) is 0 Å². The summed E-state index contributed by atoms with van der Waals surface area (Å²) in [5.41, 5.74) is 0.972. The lowest BCUT2D eigenvalue weighted by molar-refractivity contribution is 0.0113. The highest BCUT2D eigenvalue weighted by atomic mass is 19.3. The molecule has 0 aliphatic carbocycles. The minimum absolute atomic E-state index is 0.142. The number of rotatable bonds is 2. The second-order valence-electron chi connectivity index (χ2n) is 4.59. The van der Waals surface area contributed by atoms with E-state index >= 15 is 0 Å². The van der Waals surface area contributed by atoms with Gasteiger partial charge in [-0.25, -0.2) is 13.2 Å². The van der Waals surface area contributed by atoms with Crippen LogP contribution in [0.15, 0.2) is 22.7 Å².